The molecule has 0 atom stereocenters. The van der Waals surface area contributed by atoms with Crippen LogP contribution in [0.1, 0.15) is 43.7 Å². The first-order valence-electron chi connectivity index (χ1n) is 10.1. The summed E-state index contributed by atoms with van der Waals surface area (Å²) in [7, 11) is 0. The van der Waals surface area contributed by atoms with E-state index in [1.54, 1.807) is 0 Å². The lowest BCUT2D eigenvalue weighted by Crippen LogP contribution is -2.34. The highest BCUT2D eigenvalue weighted by Gasteiger charge is 2.15. The molecule has 0 fully saturated rings. The second-order valence-electron chi connectivity index (χ2n) is 7.56. The van der Waals surface area contributed by atoms with Gasteiger partial charge >= 0.3 is 0 Å². The number of nitrogens with one attached hydrogen (secondary N) is 1. The van der Waals surface area contributed by atoms with Crippen LogP contribution in [0.4, 0.5) is 5.69 Å². The first-order chi connectivity index (χ1) is 13.5. The lowest BCUT2D eigenvalue weighted by atomic mass is 10.0. The fourth-order valence-corrected chi connectivity index (χ4v) is 4.04. The average molecular weight is 445 g/mol. The fourth-order valence-electron chi connectivity index (χ4n) is 3.53. The Balaban J connectivity index is 1.39. The number of carbonyl (C=O) groups excluding carboxylic acids is 1. The summed E-state index contributed by atoms with van der Waals surface area (Å²) in [5.41, 5.74) is 4.02. The molecule has 1 amide bonds. The minimum atomic E-state index is -0.0844. The quantitative estimate of drug-likeness (QED) is 0.587. The van der Waals surface area contributed by atoms with Gasteiger partial charge in [-0.15, -0.1) is 0 Å². The first kappa shape index (κ1) is 20.7. The van der Waals surface area contributed by atoms with Gasteiger partial charge in [-0.3, -0.25) is 4.79 Å². The molecule has 5 heteroatoms. The number of aryl methyl sites for hydroxylation is 1. The zero-order valence-electron chi connectivity index (χ0n) is 16.7. The van der Waals surface area contributed by atoms with Crippen LogP contribution in [-0.2, 0) is 11.2 Å². The zero-order valence-corrected chi connectivity index (χ0v) is 18.3. The van der Waals surface area contributed by atoms with Crippen molar-refractivity contribution >= 4 is 27.5 Å². The molecule has 150 valence electrons. The highest BCUT2D eigenvalue weighted by Crippen LogP contribution is 2.29. The van der Waals surface area contributed by atoms with Crippen LogP contribution in [0.3, 0.4) is 0 Å². The van der Waals surface area contributed by atoms with E-state index in [4.69, 9.17) is 4.74 Å². The number of amides is 1. The van der Waals surface area contributed by atoms with Crippen LogP contribution in [0.15, 0.2) is 46.9 Å². The molecule has 0 aliphatic carbocycles. The number of ether oxygens (including phenoxy) is 1. The van der Waals surface area contributed by atoms with Crippen molar-refractivity contribution in [2.45, 2.75) is 39.0 Å². The number of fused-ring (bicyclic) bond motifs is 1. The molecule has 1 N–H and O–H groups in total. The van der Waals surface area contributed by atoms with Gasteiger partial charge in [0.15, 0.2) is 6.61 Å². The monoisotopic (exact) mass is 444 g/mol. The number of anilines is 1. The highest BCUT2D eigenvalue weighted by molar-refractivity contribution is 9.10. The standard InChI is InChI=1S/C23H29BrN2O2/c1-17(2)19-10-11-22(20(24)15-19)28-16-23(27)25-12-6-14-26-13-5-8-18-7-3-4-9-21(18)26/h3-4,7,9-11,15,17H,5-6,8,12-14,16H2,1-2H3,(H,25,27). The normalized spacial score (nSPS) is 13.4. The van der Waals surface area contributed by atoms with Crippen LogP contribution in [-0.4, -0.2) is 32.1 Å². The molecule has 3 rings (SSSR count). The van der Waals surface area contributed by atoms with E-state index in [9.17, 15) is 4.79 Å². The van der Waals surface area contributed by atoms with Crippen LogP contribution in [0.5, 0.6) is 5.75 Å². The topological polar surface area (TPSA) is 41.6 Å². The summed E-state index contributed by atoms with van der Waals surface area (Å²) in [6.45, 7) is 7.05. The Morgan fingerprint density at radius 3 is 2.86 bits per heavy atom. The molecule has 2 aromatic carbocycles. The van der Waals surface area contributed by atoms with Gasteiger partial charge in [0.2, 0.25) is 0 Å². The van der Waals surface area contributed by atoms with E-state index in [2.05, 4.69) is 64.3 Å². The van der Waals surface area contributed by atoms with Gasteiger partial charge < -0.3 is 15.0 Å². The van der Waals surface area contributed by atoms with E-state index in [0.717, 1.165) is 30.4 Å². The third-order valence-corrected chi connectivity index (χ3v) is 5.73. The molecule has 2 aromatic rings. The highest BCUT2D eigenvalue weighted by atomic mass is 79.9. The van der Waals surface area contributed by atoms with Gasteiger partial charge in [0, 0.05) is 25.3 Å². The van der Waals surface area contributed by atoms with Gasteiger partial charge in [-0.2, -0.15) is 0 Å². The summed E-state index contributed by atoms with van der Waals surface area (Å²) in [5, 5.41) is 2.96. The maximum atomic E-state index is 12.1. The Hall–Kier alpha value is -2.01. The van der Waals surface area contributed by atoms with E-state index in [-0.39, 0.29) is 12.5 Å². The smallest absolute Gasteiger partial charge is 0.257 e. The molecule has 0 aromatic heterocycles. The van der Waals surface area contributed by atoms with Gasteiger partial charge in [0.25, 0.3) is 5.91 Å². The summed E-state index contributed by atoms with van der Waals surface area (Å²) >= 11 is 3.52. The Morgan fingerprint density at radius 1 is 1.25 bits per heavy atom. The Kier molecular flexibility index (Phi) is 7.37. The predicted octanol–water partition coefficient (Wildman–Crippen LogP) is 4.91. The maximum Gasteiger partial charge on any atom is 0.257 e. The number of halogens is 1. The Morgan fingerprint density at radius 2 is 2.07 bits per heavy atom. The van der Waals surface area contributed by atoms with Crippen molar-refractivity contribution in [3.63, 3.8) is 0 Å². The van der Waals surface area contributed by atoms with Crippen LogP contribution in [0.2, 0.25) is 0 Å². The molecule has 0 saturated heterocycles. The molecule has 1 heterocycles. The van der Waals surface area contributed by atoms with Gasteiger partial charge in [-0.25, -0.2) is 0 Å². The molecule has 1 aliphatic heterocycles. The van der Waals surface area contributed by atoms with E-state index in [1.165, 1.54) is 23.2 Å². The molecule has 1 aliphatic rings. The summed E-state index contributed by atoms with van der Waals surface area (Å²) < 4.78 is 6.54. The Labute approximate surface area is 176 Å². The maximum absolute atomic E-state index is 12.1. The third-order valence-electron chi connectivity index (χ3n) is 5.11. The van der Waals surface area contributed by atoms with Crippen LogP contribution < -0.4 is 15.0 Å². The molecule has 0 radical (unpaired) electrons. The van der Waals surface area contributed by atoms with E-state index >= 15 is 0 Å². The number of hydrogen-bond donors (Lipinski definition) is 1. The van der Waals surface area contributed by atoms with Crippen LogP contribution in [0, 0.1) is 0 Å². The van der Waals surface area contributed by atoms with Crippen molar-refractivity contribution in [2.75, 3.05) is 31.1 Å². The molecule has 0 bridgehead atoms. The van der Waals surface area contributed by atoms with Crippen molar-refractivity contribution in [1.82, 2.24) is 5.32 Å². The van der Waals surface area contributed by atoms with Crippen LogP contribution >= 0.6 is 15.9 Å². The zero-order chi connectivity index (χ0) is 19.9. The fraction of sp³-hybridized carbons (Fsp3) is 0.435. The number of benzene rings is 2. The lowest BCUT2D eigenvalue weighted by molar-refractivity contribution is -0.123. The van der Waals surface area contributed by atoms with Crippen molar-refractivity contribution in [3.05, 3.63) is 58.1 Å². The predicted molar refractivity (Wildman–Crippen MR) is 118 cm³/mol. The van der Waals surface area contributed by atoms with E-state index < -0.39 is 0 Å². The molecule has 0 unspecified atom stereocenters. The molecule has 28 heavy (non-hydrogen) atoms. The van der Waals surface area contributed by atoms with Crippen molar-refractivity contribution in [1.29, 1.82) is 0 Å². The number of rotatable bonds is 8. The van der Waals surface area contributed by atoms with Gasteiger partial charge in [-0.1, -0.05) is 38.1 Å². The number of para-hydroxylation sites is 1. The SMILES string of the molecule is CC(C)c1ccc(OCC(=O)NCCCN2CCCc3ccccc32)c(Br)c1. The number of nitrogens with zero attached hydrogens (tertiary/aromatic N) is 1. The van der Waals surface area contributed by atoms with Crippen molar-refractivity contribution < 1.29 is 9.53 Å². The van der Waals surface area contributed by atoms with Crippen molar-refractivity contribution in [2.24, 2.45) is 0 Å². The summed E-state index contributed by atoms with van der Waals surface area (Å²) in [4.78, 5) is 14.5. The molecule has 0 spiro atoms. The number of hydrogen-bond acceptors (Lipinski definition) is 3. The molecular formula is C23H29BrN2O2. The minimum Gasteiger partial charge on any atom is -0.483 e. The first-order valence-corrected chi connectivity index (χ1v) is 10.9. The van der Waals surface area contributed by atoms with Crippen molar-refractivity contribution in [3.8, 4) is 5.75 Å². The molecule has 0 saturated carbocycles. The lowest BCUT2D eigenvalue weighted by Gasteiger charge is -2.31. The average Bonchev–Trinajstić information content (AvgIpc) is 2.70. The Bertz CT molecular complexity index is 807. The summed E-state index contributed by atoms with van der Waals surface area (Å²) in [6, 6.07) is 14.6. The summed E-state index contributed by atoms with van der Waals surface area (Å²) in [6.07, 6.45) is 3.28. The second-order valence-corrected chi connectivity index (χ2v) is 8.41. The van der Waals surface area contributed by atoms with E-state index in [0.29, 0.717) is 18.2 Å². The minimum absolute atomic E-state index is 0.0339. The van der Waals surface area contributed by atoms with Crippen LogP contribution in [0.25, 0.3) is 0 Å². The second kappa shape index (κ2) is 9.97. The van der Waals surface area contributed by atoms with Gasteiger partial charge in [-0.05, 0) is 70.4 Å². The number of carbonyl (C=O) groups is 1. The third kappa shape index (κ3) is 5.51. The largest absolute Gasteiger partial charge is 0.483 e. The van der Waals surface area contributed by atoms with Gasteiger partial charge in [0.1, 0.15) is 5.75 Å². The van der Waals surface area contributed by atoms with E-state index in [1.807, 2.05) is 18.2 Å². The molecular weight excluding hydrogens is 416 g/mol. The summed E-state index contributed by atoms with van der Waals surface area (Å²) in [5.74, 6) is 1.07. The molecule has 4 nitrogen and oxygen atoms in total. The van der Waals surface area contributed by atoms with Gasteiger partial charge in [0.05, 0.1) is 4.47 Å².